The number of hydrogen-bond acceptors (Lipinski definition) is 4. The van der Waals surface area contributed by atoms with E-state index in [-0.39, 0.29) is 5.60 Å². The molecule has 0 saturated carbocycles. The molecule has 0 atom stereocenters. The maximum atomic E-state index is 5.67. The summed E-state index contributed by atoms with van der Waals surface area (Å²) in [5, 5.41) is 3.36. The van der Waals surface area contributed by atoms with E-state index in [4.69, 9.17) is 9.47 Å². The van der Waals surface area contributed by atoms with Crippen molar-refractivity contribution in [1.82, 2.24) is 4.98 Å². The largest absolute Gasteiger partial charge is 0.381 e. The number of aryl methyl sites for hydroxylation is 1. The summed E-state index contributed by atoms with van der Waals surface area (Å²) in [5.41, 5.74) is 0.861. The van der Waals surface area contributed by atoms with Gasteiger partial charge in [0.15, 0.2) is 0 Å². The lowest BCUT2D eigenvalue weighted by Crippen LogP contribution is -2.44. The third kappa shape index (κ3) is 3.22. The number of ether oxygens (including phenoxy) is 2. The minimum absolute atomic E-state index is 0.124. The molecule has 1 aliphatic heterocycles. The Morgan fingerprint density at radius 3 is 2.78 bits per heavy atom. The first-order valence-electron chi connectivity index (χ1n) is 6.15. The summed E-state index contributed by atoms with van der Waals surface area (Å²) < 4.78 is 12.1. The fourth-order valence-corrected chi connectivity index (χ4v) is 2.31. The lowest BCUT2D eigenvalue weighted by atomic mass is 9.94. The second-order valence-electron chi connectivity index (χ2n) is 4.62. The van der Waals surface area contributed by atoms with Crippen LogP contribution in [-0.2, 0) is 9.47 Å². The van der Waals surface area contributed by atoms with Crippen molar-refractivity contribution in [2.45, 2.75) is 25.4 Å². The third-order valence-corrected chi connectivity index (χ3v) is 4.29. The molecule has 1 N–H and O–H groups in total. The molecule has 1 aromatic rings. The zero-order valence-electron chi connectivity index (χ0n) is 10.8. The van der Waals surface area contributed by atoms with E-state index in [9.17, 15) is 0 Å². The summed E-state index contributed by atoms with van der Waals surface area (Å²) >= 11 is 3.45. The van der Waals surface area contributed by atoms with E-state index >= 15 is 0 Å². The van der Waals surface area contributed by atoms with Gasteiger partial charge in [-0.15, -0.1) is 0 Å². The van der Waals surface area contributed by atoms with Crippen LogP contribution < -0.4 is 5.32 Å². The van der Waals surface area contributed by atoms with Gasteiger partial charge in [0.1, 0.15) is 5.82 Å². The van der Waals surface area contributed by atoms with Gasteiger partial charge in [-0.25, -0.2) is 4.98 Å². The number of nitrogens with one attached hydrogen (secondary N) is 1. The summed E-state index contributed by atoms with van der Waals surface area (Å²) in [6, 6.07) is 3.98. The number of anilines is 1. The Balaban J connectivity index is 1.98. The molecule has 4 nitrogen and oxygen atoms in total. The molecule has 1 fully saturated rings. The maximum absolute atomic E-state index is 5.67. The van der Waals surface area contributed by atoms with Crippen molar-refractivity contribution >= 4 is 21.7 Å². The summed E-state index contributed by atoms with van der Waals surface area (Å²) in [4.78, 5) is 4.48. The van der Waals surface area contributed by atoms with E-state index in [1.165, 1.54) is 0 Å². The van der Waals surface area contributed by atoms with E-state index in [0.29, 0.717) is 0 Å². The number of rotatable bonds is 4. The molecule has 0 spiro atoms. The number of methoxy groups -OCH3 is 1. The Morgan fingerprint density at radius 1 is 1.44 bits per heavy atom. The Kier molecular flexibility index (Phi) is 4.59. The molecular weight excluding hydrogens is 296 g/mol. The van der Waals surface area contributed by atoms with Gasteiger partial charge < -0.3 is 14.8 Å². The fourth-order valence-electron chi connectivity index (χ4n) is 2.09. The van der Waals surface area contributed by atoms with Crippen molar-refractivity contribution in [2.75, 3.05) is 32.2 Å². The second kappa shape index (κ2) is 5.99. The van der Waals surface area contributed by atoms with Gasteiger partial charge in [-0.3, -0.25) is 0 Å². The topological polar surface area (TPSA) is 43.4 Å². The van der Waals surface area contributed by atoms with Crippen LogP contribution in [0.4, 0.5) is 5.82 Å². The highest BCUT2D eigenvalue weighted by molar-refractivity contribution is 9.10. The van der Waals surface area contributed by atoms with Crippen molar-refractivity contribution in [3.8, 4) is 0 Å². The molecule has 0 aliphatic carbocycles. The average molecular weight is 315 g/mol. The second-order valence-corrected chi connectivity index (χ2v) is 5.47. The van der Waals surface area contributed by atoms with E-state index in [0.717, 1.165) is 48.6 Å². The van der Waals surface area contributed by atoms with Gasteiger partial charge >= 0.3 is 0 Å². The van der Waals surface area contributed by atoms with E-state index in [1.807, 2.05) is 19.1 Å². The highest BCUT2D eigenvalue weighted by Gasteiger charge is 2.32. The highest BCUT2D eigenvalue weighted by Crippen LogP contribution is 2.25. The Bertz CT molecular complexity index is 406. The maximum Gasteiger partial charge on any atom is 0.126 e. The molecule has 0 unspecified atom stereocenters. The number of nitrogens with zero attached hydrogens (tertiary/aromatic N) is 1. The molecular formula is C13H19BrN2O2. The SMILES string of the molecule is COC1(CNc2ccc(Br)c(C)n2)CCOCC1. The van der Waals surface area contributed by atoms with Gasteiger partial charge in [-0.05, 0) is 35.0 Å². The van der Waals surface area contributed by atoms with Crippen LogP contribution in [-0.4, -0.2) is 37.5 Å². The van der Waals surface area contributed by atoms with Gasteiger partial charge in [-0.1, -0.05) is 0 Å². The summed E-state index contributed by atoms with van der Waals surface area (Å²) in [5.74, 6) is 0.888. The summed E-state index contributed by atoms with van der Waals surface area (Å²) in [6.45, 7) is 4.28. The van der Waals surface area contributed by atoms with Gasteiger partial charge in [0.2, 0.25) is 0 Å². The zero-order valence-corrected chi connectivity index (χ0v) is 12.4. The van der Waals surface area contributed by atoms with E-state index in [2.05, 4.69) is 26.2 Å². The first-order valence-corrected chi connectivity index (χ1v) is 6.94. The minimum atomic E-state index is -0.124. The predicted molar refractivity (Wildman–Crippen MR) is 75.0 cm³/mol. The zero-order chi connectivity index (χ0) is 13.0. The number of aromatic nitrogens is 1. The number of hydrogen-bond donors (Lipinski definition) is 1. The Hall–Kier alpha value is -0.650. The fraction of sp³-hybridized carbons (Fsp3) is 0.615. The van der Waals surface area contributed by atoms with Gasteiger partial charge in [0.25, 0.3) is 0 Å². The van der Waals surface area contributed by atoms with Gasteiger partial charge in [0, 0.05) is 44.2 Å². The van der Waals surface area contributed by atoms with Crippen LogP contribution in [0.5, 0.6) is 0 Å². The molecule has 1 aliphatic rings. The molecule has 0 radical (unpaired) electrons. The van der Waals surface area contributed by atoms with Crippen LogP contribution in [0.15, 0.2) is 16.6 Å². The summed E-state index contributed by atoms with van der Waals surface area (Å²) in [6.07, 6.45) is 1.85. The smallest absolute Gasteiger partial charge is 0.126 e. The van der Waals surface area contributed by atoms with Crippen molar-refractivity contribution in [3.63, 3.8) is 0 Å². The quantitative estimate of drug-likeness (QED) is 0.928. The Morgan fingerprint density at radius 2 is 2.17 bits per heavy atom. The third-order valence-electron chi connectivity index (χ3n) is 3.45. The molecule has 1 aromatic heterocycles. The molecule has 1 saturated heterocycles. The van der Waals surface area contributed by atoms with E-state index in [1.54, 1.807) is 7.11 Å². The molecule has 2 rings (SSSR count). The molecule has 0 aromatic carbocycles. The summed E-state index contributed by atoms with van der Waals surface area (Å²) in [7, 11) is 1.77. The normalized spacial score (nSPS) is 18.6. The van der Waals surface area contributed by atoms with Crippen LogP contribution in [0.1, 0.15) is 18.5 Å². The minimum Gasteiger partial charge on any atom is -0.381 e. The van der Waals surface area contributed by atoms with Crippen molar-refractivity contribution in [3.05, 3.63) is 22.3 Å². The lowest BCUT2D eigenvalue weighted by Gasteiger charge is -2.36. The number of halogens is 1. The molecule has 0 bridgehead atoms. The molecule has 0 amide bonds. The lowest BCUT2D eigenvalue weighted by molar-refractivity contribution is -0.0807. The van der Waals surface area contributed by atoms with Crippen molar-refractivity contribution in [2.24, 2.45) is 0 Å². The highest BCUT2D eigenvalue weighted by atomic mass is 79.9. The first kappa shape index (κ1) is 13.8. The van der Waals surface area contributed by atoms with Crippen LogP contribution in [0, 0.1) is 6.92 Å². The average Bonchev–Trinajstić information content (AvgIpc) is 2.41. The van der Waals surface area contributed by atoms with Crippen molar-refractivity contribution < 1.29 is 9.47 Å². The van der Waals surface area contributed by atoms with Crippen LogP contribution >= 0.6 is 15.9 Å². The molecule has 5 heteroatoms. The molecule has 100 valence electrons. The van der Waals surface area contributed by atoms with Gasteiger partial charge in [-0.2, -0.15) is 0 Å². The van der Waals surface area contributed by atoms with Crippen molar-refractivity contribution in [1.29, 1.82) is 0 Å². The Labute approximate surface area is 116 Å². The predicted octanol–water partition coefficient (Wildman–Crippen LogP) is 2.76. The standard InChI is InChI=1S/C13H19BrN2O2/c1-10-11(14)3-4-12(16-10)15-9-13(17-2)5-7-18-8-6-13/h3-4H,5-9H2,1-2H3,(H,15,16). The van der Waals surface area contributed by atoms with Crippen LogP contribution in [0.3, 0.4) is 0 Å². The number of pyridine rings is 1. The van der Waals surface area contributed by atoms with Crippen LogP contribution in [0.25, 0.3) is 0 Å². The first-order chi connectivity index (χ1) is 8.65. The molecule has 18 heavy (non-hydrogen) atoms. The van der Waals surface area contributed by atoms with E-state index < -0.39 is 0 Å². The van der Waals surface area contributed by atoms with Gasteiger partial charge in [0.05, 0.1) is 11.3 Å². The molecule has 2 heterocycles. The monoisotopic (exact) mass is 314 g/mol. The van der Waals surface area contributed by atoms with Crippen LogP contribution in [0.2, 0.25) is 0 Å².